The summed E-state index contributed by atoms with van der Waals surface area (Å²) < 4.78 is 0. The lowest BCUT2D eigenvalue weighted by atomic mass is 10.1. The van der Waals surface area contributed by atoms with Crippen LogP contribution in [0.2, 0.25) is 0 Å². The van der Waals surface area contributed by atoms with Crippen LogP contribution in [-0.2, 0) is 11.2 Å². The van der Waals surface area contributed by atoms with Gasteiger partial charge in [-0.3, -0.25) is 14.5 Å². The molecule has 1 saturated heterocycles. The fourth-order valence-corrected chi connectivity index (χ4v) is 3.88. The van der Waals surface area contributed by atoms with E-state index in [1.165, 1.54) is 5.56 Å². The van der Waals surface area contributed by atoms with E-state index in [1.807, 2.05) is 18.2 Å². The molecule has 0 N–H and O–H groups in total. The van der Waals surface area contributed by atoms with Crippen LogP contribution < -0.4 is 4.90 Å². The van der Waals surface area contributed by atoms with Crippen LogP contribution in [0, 0.1) is 0 Å². The highest BCUT2D eigenvalue weighted by Crippen LogP contribution is 2.28. The maximum absolute atomic E-state index is 12.3. The quantitative estimate of drug-likeness (QED) is 0.737. The number of Topliss-reactive ketones (excluding diaryl/α,β-unsaturated/α-hetero) is 1. The van der Waals surface area contributed by atoms with Gasteiger partial charge in [0.1, 0.15) is 0 Å². The molecular formula is C22H25N3O2. The van der Waals surface area contributed by atoms with Crippen LogP contribution in [0.15, 0.2) is 54.6 Å². The summed E-state index contributed by atoms with van der Waals surface area (Å²) in [5.74, 6) is -0.769. The van der Waals surface area contributed by atoms with Gasteiger partial charge in [0.15, 0.2) is 0 Å². The van der Waals surface area contributed by atoms with E-state index in [9.17, 15) is 9.59 Å². The topological polar surface area (TPSA) is 43.9 Å². The summed E-state index contributed by atoms with van der Waals surface area (Å²) in [6.07, 6.45) is 1.09. The van der Waals surface area contributed by atoms with Crippen molar-refractivity contribution >= 4 is 17.4 Å². The molecule has 0 aromatic heterocycles. The number of benzene rings is 2. The van der Waals surface area contributed by atoms with Crippen molar-refractivity contribution in [1.82, 2.24) is 9.80 Å². The number of para-hydroxylation sites is 1. The van der Waals surface area contributed by atoms with Crippen LogP contribution in [-0.4, -0.2) is 67.3 Å². The van der Waals surface area contributed by atoms with Gasteiger partial charge in [-0.15, -0.1) is 0 Å². The highest BCUT2D eigenvalue weighted by Gasteiger charge is 2.35. The van der Waals surface area contributed by atoms with E-state index in [1.54, 1.807) is 11.0 Å². The Hall–Kier alpha value is -2.50. The van der Waals surface area contributed by atoms with Gasteiger partial charge in [0.25, 0.3) is 11.7 Å². The van der Waals surface area contributed by atoms with E-state index >= 15 is 0 Å². The van der Waals surface area contributed by atoms with Crippen molar-refractivity contribution in [2.45, 2.75) is 6.42 Å². The normalized spacial score (nSPS) is 18.1. The van der Waals surface area contributed by atoms with Crippen molar-refractivity contribution in [2.75, 3.05) is 50.7 Å². The fraction of sp³-hybridized carbons (Fsp3) is 0.364. The smallest absolute Gasteiger partial charge is 0.299 e. The van der Waals surface area contributed by atoms with Crippen molar-refractivity contribution in [3.8, 4) is 0 Å². The number of fused-ring (bicyclic) bond motifs is 1. The second kappa shape index (κ2) is 8.03. The first-order valence-corrected chi connectivity index (χ1v) is 9.66. The number of rotatable bonds is 6. The van der Waals surface area contributed by atoms with E-state index in [4.69, 9.17) is 0 Å². The molecule has 27 heavy (non-hydrogen) atoms. The SMILES string of the molecule is O=C1C(=O)N(CCN2CCN(CCc3ccccc3)CC2)c2ccccc21. The van der Waals surface area contributed by atoms with Gasteiger partial charge >= 0.3 is 0 Å². The summed E-state index contributed by atoms with van der Waals surface area (Å²) in [5.41, 5.74) is 2.68. The number of ketones is 1. The van der Waals surface area contributed by atoms with Gasteiger partial charge in [-0.2, -0.15) is 0 Å². The van der Waals surface area contributed by atoms with Crippen LogP contribution in [0.25, 0.3) is 0 Å². The molecule has 0 saturated carbocycles. The monoisotopic (exact) mass is 363 g/mol. The number of nitrogens with zero attached hydrogens (tertiary/aromatic N) is 3. The molecule has 2 aromatic carbocycles. The first kappa shape index (κ1) is 17.9. The zero-order chi connectivity index (χ0) is 18.6. The predicted molar refractivity (Wildman–Crippen MR) is 106 cm³/mol. The Kier molecular flexibility index (Phi) is 5.32. The van der Waals surface area contributed by atoms with Crippen LogP contribution in [0.3, 0.4) is 0 Å². The van der Waals surface area contributed by atoms with Crippen molar-refractivity contribution in [3.63, 3.8) is 0 Å². The molecule has 5 heteroatoms. The molecule has 5 nitrogen and oxygen atoms in total. The lowest BCUT2D eigenvalue weighted by Gasteiger charge is -2.35. The van der Waals surface area contributed by atoms with Gasteiger partial charge in [-0.05, 0) is 24.1 Å². The Balaban J connectivity index is 1.24. The summed E-state index contributed by atoms with van der Waals surface area (Å²) in [7, 11) is 0. The van der Waals surface area contributed by atoms with Gasteiger partial charge in [0.2, 0.25) is 0 Å². The van der Waals surface area contributed by atoms with Gasteiger partial charge in [0.05, 0.1) is 11.3 Å². The maximum Gasteiger partial charge on any atom is 0.299 e. The Morgan fingerprint density at radius 1 is 0.704 bits per heavy atom. The standard InChI is InChI=1S/C22H25N3O2/c26-21-19-8-4-5-9-20(19)25(22(21)27)17-16-24-14-12-23(13-15-24)11-10-18-6-2-1-3-7-18/h1-9H,10-17H2. The number of amides is 1. The van der Waals surface area contributed by atoms with Gasteiger partial charge in [0, 0.05) is 45.8 Å². The summed E-state index contributed by atoms with van der Waals surface area (Å²) in [6, 6.07) is 17.9. The number of carbonyl (C=O) groups excluding carboxylic acids is 2. The molecule has 140 valence electrons. The van der Waals surface area contributed by atoms with Gasteiger partial charge in [-0.25, -0.2) is 0 Å². The molecule has 2 aliphatic rings. The van der Waals surface area contributed by atoms with E-state index < -0.39 is 5.91 Å². The van der Waals surface area contributed by atoms with Crippen LogP contribution >= 0.6 is 0 Å². The minimum Gasteiger partial charge on any atom is -0.303 e. The van der Waals surface area contributed by atoms with E-state index in [0.717, 1.165) is 51.4 Å². The Morgan fingerprint density at radius 3 is 2.07 bits per heavy atom. The first-order chi connectivity index (χ1) is 13.2. The first-order valence-electron chi connectivity index (χ1n) is 9.66. The largest absolute Gasteiger partial charge is 0.303 e. The molecule has 2 aromatic rings. The third-order valence-corrected chi connectivity index (χ3v) is 5.54. The minimum absolute atomic E-state index is 0.378. The van der Waals surface area contributed by atoms with Crippen molar-refractivity contribution in [3.05, 3.63) is 65.7 Å². The molecule has 1 amide bonds. The van der Waals surface area contributed by atoms with E-state index in [0.29, 0.717) is 12.1 Å². The van der Waals surface area contributed by atoms with E-state index in [-0.39, 0.29) is 5.78 Å². The number of hydrogen-bond donors (Lipinski definition) is 0. The molecule has 2 heterocycles. The lowest BCUT2D eigenvalue weighted by Crippen LogP contribution is -2.49. The highest BCUT2D eigenvalue weighted by molar-refractivity contribution is 6.52. The van der Waals surface area contributed by atoms with Gasteiger partial charge < -0.3 is 9.80 Å². The Labute approximate surface area is 160 Å². The predicted octanol–water partition coefficient (Wildman–Crippen LogP) is 2.08. The second-order valence-electron chi connectivity index (χ2n) is 7.22. The molecule has 0 unspecified atom stereocenters. The Bertz CT molecular complexity index is 813. The summed E-state index contributed by atoms with van der Waals surface area (Å²) in [4.78, 5) is 30.9. The van der Waals surface area contributed by atoms with Crippen LogP contribution in [0.4, 0.5) is 5.69 Å². The zero-order valence-corrected chi connectivity index (χ0v) is 15.5. The van der Waals surface area contributed by atoms with Gasteiger partial charge in [-0.1, -0.05) is 42.5 Å². The zero-order valence-electron chi connectivity index (χ0n) is 15.5. The molecule has 2 aliphatic heterocycles. The van der Waals surface area contributed by atoms with Crippen molar-refractivity contribution < 1.29 is 9.59 Å². The molecule has 4 rings (SSSR count). The highest BCUT2D eigenvalue weighted by atomic mass is 16.2. The lowest BCUT2D eigenvalue weighted by molar-refractivity contribution is -0.114. The van der Waals surface area contributed by atoms with Crippen molar-refractivity contribution in [1.29, 1.82) is 0 Å². The third-order valence-electron chi connectivity index (χ3n) is 5.54. The maximum atomic E-state index is 12.3. The van der Waals surface area contributed by atoms with Crippen LogP contribution in [0.5, 0.6) is 0 Å². The molecule has 1 fully saturated rings. The average Bonchev–Trinajstić information content (AvgIpc) is 2.97. The fourth-order valence-electron chi connectivity index (χ4n) is 3.88. The second-order valence-corrected chi connectivity index (χ2v) is 7.22. The summed E-state index contributed by atoms with van der Waals surface area (Å²) in [6.45, 7) is 6.58. The molecular weight excluding hydrogens is 338 g/mol. The molecule has 0 spiro atoms. The third kappa shape index (κ3) is 3.94. The van der Waals surface area contributed by atoms with Crippen molar-refractivity contribution in [2.24, 2.45) is 0 Å². The summed E-state index contributed by atoms with van der Waals surface area (Å²) in [5, 5.41) is 0. The molecule has 0 radical (unpaired) electrons. The number of carbonyl (C=O) groups is 2. The minimum atomic E-state index is -0.391. The average molecular weight is 363 g/mol. The van der Waals surface area contributed by atoms with E-state index in [2.05, 4.69) is 40.1 Å². The Morgan fingerprint density at radius 2 is 1.33 bits per heavy atom. The molecule has 0 aliphatic carbocycles. The number of hydrogen-bond acceptors (Lipinski definition) is 4. The summed E-state index contributed by atoms with van der Waals surface area (Å²) >= 11 is 0. The molecule has 0 bridgehead atoms. The van der Waals surface area contributed by atoms with Crippen LogP contribution in [0.1, 0.15) is 15.9 Å². The number of anilines is 1. The number of piperazine rings is 1. The molecule has 0 atom stereocenters.